The van der Waals surface area contributed by atoms with E-state index < -0.39 is 9.96 Å². The molecule has 2 rings (SSSR count). The third-order valence-electron chi connectivity index (χ3n) is 4.42. The minimum atomic E-state index is -1.83. The molecule has 10 heteroatoms. The zero-order valence-corrected chi connectivity index (χ0v) is 19.0. The minimum absolute atomic E-state index is 0.104. The number of allylic oxidation sites excluding steroid dienone is 1. The quantitative estimate of drug-likeness (QED) is 0.295. The van der Waals surface area contributed by atoms with Crippen LogP contribution in [-0.2, 0) is 4.79 Å². The first kappa shape index (κ1) is 22.9. The number of carbonyl (C=O) groups is 1. The summed E-state index contributed by atoms with van der Waals surface area (Å²) in [7, 11) is 0. The van der Waals surface area contributed by atoms with E-state index >= 15 is 0 Å². The van der Waals surface area contributed by atoms with Crippen LogP contribution in [0.1, 0.15) is 13.8 Å². The molecule has 3 atom stereocenters. The van der Waals surface area contributed by atoms with Gasteiger partial charge in [-0.1, -0.05) is 90.1 Å². The van der Waals surface area contributed by atoms with E-state index in [0.717, 1.165) is 5.69 Å². The van der Waals surface area contributed by atoms with E-state index in [4.69, 9.17) is 70.2 Å². The molecule has 1 amide bonds. The molecule has 4 nitrogen and oxygen atoms in total. The molecule has 0 saturated heterocycles. The molecule has 3 N–H and O–H groups in total. The van der Waals surface area contributed by atoms with E-state index in [2.05, 4.69) is 16.0 Å². The fourth-order valence-electron chi connectivity index (χ4n) is 2.88. The number of rotatable bonds is 5. The first-order valence-electron chi connectivity index (χ1n) is 7.95. The third-order valence-corrected chi connectivity index (χ3v) is 5.55. The summed E-state index contributed by atoms with van der Waals surface area (Å²) in [5, 5.41) is 8.70. The summed E-state index contributed by atoms with van der Waals surface area (Å²) in [6, 6.07) is 9.24. The molecule has 0 aromatic heterocycles. The van der Waals surface area contributed by atoms with Gasteiger partial charge in [-0.3, -0.25) is 4.79 Å². The predicted molar refractivity (Wildman–Crippen MR) is 119 cm³/mol. The molecular weight excluding hydrogens is 472 g/mol. The molecule has 1 aliphatic rings. The molecule has 0 unspecified atom stereocenters. The van der Waals surface area contributed by atoms with Gasteiger partial charge in [0.15, 0.2) is 5.11 Å². The van der Waals surface area contributed by atoms with Crippen LogP contribution in [0.25, 0.3) is 0 Å². The number of benzene rings is 1. The van der Waals surface area contributed by atoms with Crippen molar-refractivity contribution in [2.45, 2.75) is 23.8 Å². The Hall–Kier alpha value is -0.430. The van der Waals surface area contributed by atoms with Crippen molar-refractivity contribution in [1.82, 2.24) is 10.6 Å². The number of thiocarbonyl (C=S) groups is 1. The number of hydrogen-bond donors (Lipinski definition) is 3. The molecular formula is C17H18Cl5N3OS. The smallest absolute Gasteiger partial charge is 0.228 e. The maximum Gasteiger partial charge on any atom is 0.228 e. The number of amides is 1. The lowest BCUT2D eigenvalue weighted by Gasteiger charge is -2.28. The predicted octanol–water partition coefficient (Wildman–Crippen LogP) is 5.38. The highest BCUT2D eigenvalue weighted by Crippen LogP contribution is 2.59. The average molecular weight is 490 g/mol. The lowest BCUT2D eigenvalue weighted by Crippen LogP contribution is -2.56. The number of nitrogens with one attached hydrogen (secondary N) is 3. The summed E-state index contributed by atoms with van der Waals surface area (Å²) in [4.78, 5) is 12.7. The van der Waals surface area contributed by atoms with Crippen molar-refractivity contribution < 1.29 is 4.79 Å². The molecule has 0 bridgehead atoms. The molecule has 0 heterocycles. The van der Waals surface area contributed by atoms with Gasteiger partial charge in [0.05, 0.1) is 5.92 Å². The lowest BCUT2D eigenvalue weighted by atomic mass is 10.1. The number of alkyl halides is 3. The Morgan fingerprint density at radius 3 is 2.30 bits per heavy atom. The van der Waals surface area contributed by atoms with E-state index in [0.29, 0.717) is 0 Å². The highest BCUT2D eigenvalue weighted by molar-refractivity contribution is 7.80. The second-order valence-corrected chi connectivity index (χ2v) is 10.5. The van der Waals surface area contributed by atoms with Crippen LogP contribution in [0.2, 0.25) is 0 Å². The standard InChI is InChI=1S/C17H18Cl5N3OS/c1-16(2)10(8-11(18)19)12(16)13(26)24-14(17(20,21)22)25-15(27)23-9-6-4-3-5-7-9/h3-8,10,12,14H,1-2H3,(H,24,26)(H2,23,25,27)/t10-,12-,14-/m1/s1. The zero-order chi connectivity index (χ0) is 20.4. The Kier molecular flexibility index (Phi) is 7.56. The fraction of sp³-hybridized carbons (Fsp3) is 0.412. The van der Waals surface area contributed by atoms with Crippen molar-refractivity contribution in [3.8, 4) is 0 Å². The first-order chi connectivity index (χ1) is 12.4. The normalized spacial score (nSPS) is 21.6. The Morgan fingerprint density at radius 2 is 1.78 bits per heavy atom. The molecule has 1 saturated carbocycles. The Bertz CT molecular complexity index is 732. The van der Waals surface area contributed by atoms with Crippen molar-refractivity contribution in [3.63, 3.8) is 0 Å². The van der Waals surface area contributed by atoms with Crippen LogP contribution in [0.15, 0.2) is 40.9 Å². The van der Waals surface area contributed by atoms with Crippen molar-refractivity contribution >= 4 is 86.9 Å². The van der Waals surface area contributed by atoms with Gasteiger partial charge in [0.1, 0.15) is 10.7 Å². The van der Waals surface area contributed by atoms with Gasteiger partial charge >= 0.3 is 0 Å². The summed E-state index contributed by atoms with van der Waals surface area (Å²) in [6.07, 6.45) is 0.610. The van der Waals surface area contributed by atoms with Crippen molar-refractivity contribution in [1.29, 1.82) is 0 Å². The van der Waals surface area contributed by atoms with Gasteiger partial charge in [-0.2, -0.15) is 0 Å². The van der Waals surface area contributed by atoms with E-state index in [9.17, 15) is 4.79 Å². The van der Waals surface area contributed by atoms with Crippen molar-refractivity contribution in [3.05, 3.63) is 40.9 Å². The highest BCUT2D eigenvalue weighted by atomic mass is 35.6. The monoisotopic (exact) mass is 487 g/mol. The maximum absolute atomic E-state index is 12.7. The summed E-state index contributed by atoms with van der Waals surface area (Å²) < 4.78 is -1.71. The molecule has 148 valence electrons. The van der Waals surface area contributed by atoms with Crippen molar-refractivity contribution in [2.24, 2.45) is 17.3 Å². The van der Waals surface area contributed by atoms with Gasteiger partial charge in [-0.15, -0.1) is 0 Å². The van der Waals surface area contributed by atoms with E-state index in [1.165, 1.54) is 0 Å². The largest absolute Gasteiger partial charge is 0.339 e. The number of hydrogen-bond acceptors (Lipinski definition) is 2. The number of para-hydroxylation sites is 1. The Labute approximate surface area is 188 Å². The summed E-state index contributed by atoms with van der Waals surface area (Å²) in [5.74, 6) is -0.743. The van der Waals surface area contributed by atoms with E-state index in [1.54, 1.807) is 6.08 Å². The zero-order valence-electron chi connectivity index (χ0n) is 14.4. The fourth-order valence-corrected chi connectivity index (χ4v) is 3.71. The van der Waals surface area contributed by atoms with Gasteiger partial charge in [0, 0.05) is 5.69 Å². The number of halogens is 5. The van der Waals surface area contributed by atoms with Gasteiger partial charge in [0.2, 0.25) is 9.70 Å². The Balaban J connectivity index is 2.04. The van der Waals surface area contributed by atoms with E-state index in [-0.39, 0.29) is 32.8 Å². The lowest BCUT2D eigenvalue weighted by molar-refractivity contribution is -0.123. The van der Waals surface area contributed by atoms with Gasteiger partial charge < -0.3 is 16.0 Å². The van der Waals surface area contributed by atoms with Gasteiger partial charge in [-0.05, 0) is 41.8 Å². The molecule has 0 spiro atoms. The average Bonchev–Trinajstić information content (AvgIpc) is 3.06. The topological polar surface area (TPSA) is 53.2 Å². The molecule has 1 aliphatic carbocycles. The summed E-state index contributed by atoms with van der Waals surface area (Å²) in [6.45, 7) is 3.88. The van der Waals surface area contributed by atoms with Crippen LogP contribution in [0, 0.1) is 17.3 Å². The Morgan fingerprint density at radius 1 is 1.19 bits per heavy atom. The molecule has 0 aliphatic heterocycles. The van der Waals surface area contributed by atoms with Crippen LogP contribution in [-0.4, -0.2) is 21.0 Å². The summed E-state index contributed by atoms with van der Waals surface area (Å²) >= 11 is 34.8. The second kappa shape index (κ2) is 8.93. The summed E-state index contributed by atoms with van der Waals surface area (Å²) in [5.41, 5.74) is 0.453. The maximum atomic E-state index is 12.7. The molecule has 0 radical (unpaired) electrons. The first-order valence-corrected chi connectivity index (χ1v) is 10.2. The molecule has 1 fully saturated rings. The van der Waals surface area contributed by atoms with Gasteiger partial charge in [0.25, 0.3) is 0 Å². The van der Waals surface area contributed by atoms with Crippen LogP contribution >= 0.6 is 70.2 Å². The molecule has 27 heavy (non-hydrogen) atoms. The van der Waals surface area contributed by atoms with Crippen LogP contribution < -0.4 is 16.0 Å². The van der Waals surface area contributed by atoms with Crippen LogP contribution in [0.4, 0.5) is 5.69 Å². The number of carbonyl (C=O) groups excluding carboxylic acids is 1. The van der Waals surface area contributed by atoms with Crippen LogP contribution in [0.3, 0.4) is 0 Å². The third kappa shape index (κ3) is 6.28. The molecule has 1 aromatic carbocycles. The van der Waals surface area contributed by atoms with Crippen molar-refractivity contribution in [2.75, 3.05) is 5.32 Å². The SMILES string of the molecule is CC1(C)[C@H](C=C(Cl)Cl)[C@@H]1C(=O)N[C@H](NC(=S)Nc1ccccc1)C(Cl)(Cl)Cl. The number of anilines is 1. The minimum Gasteiger partial charge on any atom is -0.339 e. The van der Waals surface area contributed by atoms with E-state index in [1.807, 2.05) is 44.2 Å². The van der Waals surface area contributed by atoms with Crippen LogP contribution in [0.5, 0.6) is 0 Å². The highest BCUT2D eigenvalue weighted by Gasteiger charge is 2.61. The van der Waals surface area contributed by atoms with Gasteiger partial charge in [-0.25, -0.2) is 0 Å². The second-order valence-electron chi connectivity index (χ2n) is 6.73. The molecule has 1 aromatic rings.